The lowest BCUT2D eigenvalue weighted by molar-refractivity contribution is 0.665. The Kier molecular flexibility index (Phi) is 8.24. The molecule has 0 spiro atoms. The van der Waals surface area contributed by atoms with Crippen molar-refractivity contribution in [3.05, 3.63) is 11.8 Å². The van der Waals surface area contributed by atoms with Crippen LogP contribution in [-0.4, -0.2) is 20.1 Å². The minimum absolute atomic E-state index is 0.951. The lowest BCUT2D eigenvalue weighted by atomic mass is 10.2. The Balaban J connectivity index is 3.24. The quantitative estimate of drug-likeness (QED) is 0.570. The molecule has 0 saturated heterocycles. The molecule has 0 aliphatic rings. The van der Waals surface area contributed by atoms with Gasteiger partial charge in [0.25, 0.3) is 0 Å². The summed E-state index contributed by atoms with van der Waals surface area (Å²) in [6, 6.07) is 0. The van der Waals surface area contributed by atoms with Crippen LogP contribution in [0.2, 0.25) is 0 Å². The summed E-state index contributed by atoms with van der Waals surface area (Å²) < 4.78 is 0. The molecule has 2 heteroatoms. The van der Waals surface area contributed by atoms with Gasteiger partial charge in [-0.3, -0.25) is 0 Å². The number of allylic oxidation sites excluding steroid dienone is 1. The molecule has 0 bridgehead atoms. The first-order valence-corrected chi connectivity index (χ1v) is 4.86. The monoisotopic (exact) mass is 170 g/mol. The fourth-order valence-electron chi connectivity index (χ4n) is 0.988. The maximum Gasteiger partial charge on any atom is 0.0151 e. The number of rotatable bonds is 7. The average molecular weight is 170 g/mol. The minimum atomic E-state index is 0.951. The van der Waals surface area contributed by atoms with Crippen LogP contribution >= 0.6 is 0 Å². The largest absolute Gasteiger partial charge is 0.389 e. The van der Waals surface area contributed by atoms with Crippen molar-refractivity contribution >= 4 is 0 Å². The third kappa shape index (κ3) is 7.61. The third-order valence-corrected chi connectivity index (χ3v) is 1.80. The van der Waals surface area contributed by atoms with Gasteiger partial charge in [-0.2, -0.15) is 0 Å². The van der Waals surface area contributed by atoms with Crippen LogP contribution in [0.5, 0.6) is 0 Å². The van der Waals surface area contributed by atoms with Gasteiger partial charge in [-0.15, -0.1) is 0 Å². The Bertz CT molecular complexity index is 119. The van der Waals surface area contributed by atoms with Gasteiger partial charge in [-0.1, -0.05) is 25.8 Å². The Hall–Kier alpha value is -0.500. The summed E-state index contributed by atoms with van der Waals surface area (Å²) in [5.74, 6) is 0. The Labute approximate surface area is 76.4 Å². The summed E-state index contributed by atoms with van der Waals surface area (Å²) in [5, 5.41) is 6.46. The molecule has 0 aliphatic carbocycles. The van der Waals surface area contributed by atoms with E-state index in [1.54, 1.807) is 0 Å². The van der Waals surface area contributed by atoms with Crippen molar-refractivity contribution in [2.75, 3.05) is 20.1 Å². The van der Waals surface area contributed by atoms with E-state index in [4.69, 9.17) is 0 Å². The van der Waals surface area contributed by atoms with Crippen molar-refractivity contribution in [2.45, 2.75) is 33.1 Å². The second kappa shape index (κ2) is 8.60. The highest BCUT2D eigenvalue weighted by Gasteiger charge is 1.87. The molecule has 0 aromatic heterocycles. The first kappa shape index (κ1) is 11.5. The van der Waals surface area contributed by atoms with Crippen LogP contribution in [0.25, 0.3) is 0 Å². The van der Waals surface area contributed by atoms with Gasteiger partial charge in [-0.05, 0) is 20.4 Å². The summed E-state index contributed by atoms with van der Waals surface area (Å²) in [7, 11) is 1.96. The number of likely N-dealkylation sites (N-methyl/N-ethyl adjacent to an activating group) is 1. The van der Waals surface area contributed by atoms with E-state index in [1.807, 2.05) is 7.05 Å². The summed E-state index contributed by atoms with van der Waals surface area (Å²) in [4.78, 5) is 0. The number of hydrogen-bond donors (Lipinski definition) is 2. The van der Waals surface area contributed by atoms with E-state index < -0.39 is 0 Å². The fourth-order valence-corrected chi connectivity index (χ4v) is 0.988. The molecule has 12 heavy (non-hydrogen) atoms. The van der Waals surface area contributed by atoms with E-state index in [0.717, 1.165) is 13.1 Å². The predicted octanol–water partition coefficient (Wildman–Crippen LogP) is 1.89. The molecule has 0 unspecified atom stereocenters. The van der Waals surface area contributed by atoms with Crippen LogP contribution in [0.15, 0.2) is 11.8 Å². The van der Waals surface area contributed by atoms with Gasteiger partial charge in [-0.25, -0.2) is 0 Å². The number of nitrogens with one attached hydrogen (secondary N) is 2. The Morgan fingerprint density at radius 1 is 1.33 bits per heavy atom. The molecule has 0 heterocycles. The molecule has 2 N–H and O–H groups in total. The van der Waals surface area contributed by atoms with Gasteiger partial charge in [0.1, 0.15) is 0 Å². The standard InChI is InChI=1S/C10H22N2/c1-4-5-6-8-12-10(2)7-9-11-3/h7,11-12H,4-6,8-9H2,1-3H3/b10-7+. The maximum atomic E-state index is 3.37. The second-order valence-electron chi connectivity index (χ2n) is 3.08. The van der Waals surface area contributed by atoms with Crippen LogP contribution in [0.4, 0.5) is 0 Å². The van der Waals surface area contributed by atoms with E-state index in [2.05, 4.69) is 30.6 Å². The van der Waals surface area contributed by atoms with Gasteiger partial charge >= 0.3 is 0 Å². The van der Waals surface area contributed by atoms with Crippen LogP contribution in [0, 0.1) is 0 Å². The third-order valence-electron chi connectivity index (χ3n) is 1.80. The summed E-state index contributed by atoms with van der Waals surface area (Å²) in [5.41, 5.74) is 1.28. The molecule has 0 aliphatic heterocycles. The van der Waals surface area contributed by atoms with Crippen LogP contribution in [0.3, 0.4) is 0 Å². The summed E-state index contributed by atoms with van der Waals surface area (Å²) in [6.07, 6.45) is 6.07. The zero-order valence-corrected chi connectivity index (χ0v) is 8.61. The van der Waals surface area contributed by atoms with Gasteiger partial charge in [0.05, 0.1) is 0 Å². The number of hydrogen-bond acceptors (Lipinski definition) is 2. The molecule has 0 rings (SSSR count). The van der Waals surface area contributed by atoms with Gasteiger partial charge in [0.2, 0.25) is 0 Å². The molecule has 0 radical (unpaired) electrons. The van der Waals surface area contributed by atoms with Crippen molar-refractivity contribution in [1.82, 2.24) is 10.6 Å². The Morgan fingerprint density at radius 3 is 2.67 bits per heavy atom. The molecular formula is C10H22N2. The van der Waals surface area contributed by atoms with Crippen LogP contribution in [-0.2, 0) is 0 Å². The van der Waals surface area contributed by atoms with Crippen molar-refractivity contribution in [1.29, 1.82) is 0 Å². The topological polar surface area (TPSA) is 24.1 Å². The van der Waals surface area contributed by atoms with Crippen molar-refractivity contribution in [2.24, 2.45) is 0 Å². The summed E-state index contributed by atoms with van der Waals surface area (Å²) >= 11 is 0. The second-order valence-corrected chi connectivity index (χ2v) is 3.08. The molecule has 0 atom stereocenters. The van der Waals surface area contributed by atoms with E-state index in [1.165, 1.54) is 25.0 Å². The first-order chi connectivity index (χ1) is 5.81. The normalized spacial score (nSPS) is 11.8. The predicted molar refractivity (Wildman–Crippen MR) is 55.2 cm³/mol. The zero-order valence-electron chi connectivity index (χ0n) is 8.61. The smallest absolute Gasteiger partial charge is 0.0151 e. The minimum Gasteiger partial charge on any atom is -0.389 e. The molecular weight excluding hydrogens is 148 g/mol. The fraction of sp³-hybridized carbons (Fsp3) is 0.800. The highest BCUT2D eigenvalue weighted by atomic mass is 14.9. The van der Waals surface area contributed by atoms with E-state index in [9.17, 15) is 0 Å². The first-order valence-electron chi connectivity index (χ1n) is 4.86. The van der Waals surface area contributed by atoms with Crippen molar-refractivity contribution in [3.8, 4) is 0 Å². The highest BCUT2D eigenvalue weighted by Crippen LogP contribution is 1.93. The molecule has 0 fully saturated rings. The Morgan fingerprint density at radius 2 is 2.08 bits per heavy atom. The van der Waals surface area contributed by atoms with E-state index >= 15 is 0 Å². The summed E-state index contributed by atoms with van der Waals surface area (Å²) in [6.45, 7) is 6.40. The van der Waals surface area contributed by atoms with Gasteiger partial charge < -0.3 is 10.6 Å². The van der Waals surface area contributed by atoms with Crippen LogP contribution < -0.4 is 10.6 Å². The van der Waals surface area contributed by atoms with E-state index in [-0.39, 0.29) is 0 Å². The molecule has 0 amide bonds. The van der Waals surface area contributed by atoms with E-state index in [0.29, 0.717) is 0 Å². The molecule has 0 aromatic rings. The molecule has 0 aromatic carbocycles. The van der Waals surface area contributed by atoms with Crippen molar-refractivity contribution in [3.63, 3.8) is 0 Å². The number of unbranched alkanes of at least 4 members (excludes halogenated alkanes) is 2. The highest BCUT2D eigenvalue weighted by molar-refractivity contribution is 4.96. The van der Waals surface area contributed by atoms with Gasteiger partial charge in [0.15, 0.2) is 0 Å². The zero-order chi connectivity index (χ0) is 9.23. The molecule has 2 nitrogen and oxygen atoms in total. The van der Waals surface area contributed by atoms with Crippen LogP contribution in [0.1, 0.15) is 33.1 Å². The van der Waals surface area contributed by atoms with Gasteiger partial charge in [0, 0.05) is 18.8 Å². The average Bonchev–Trinajstić information content (AvgIpc) is 2.09. The molecule has 0 saturated carbocycles. The lowest BCUT2D eigenvalue weighted by Gasteiger charge is -2.05. The maximum absolute atomic E-state index is 3.37. The SMILES string of the molecule is CCCCCN/C(C)=C/CNC. The lowest BCUT2D eigenvalue weighted by Crippen LogP contribution is -2.15. The molecule has 72 valence electrons. The van der Waals surface area contributed by atoms with Crippen molar-refractivity contribution < 1.29 is 0 Å².